The molecule has 2 rings (SSSR count). The third-order valence-electron chi connectivity index (χ3n) is 2.90. The lowest BCUT2D eigenvalue weighted by Gasteiger charge is -2.18. The van der Waals surface area contributed by atoms with Crippen LogP contribution in [-0.2, 0) is 15.9 Å². The second kappa shape index (κ2) is 4.71. The summed E-state index contributed by atoms with van der Waals surface area (Å²) in [6.45, 7) is 0. The Morgan fingerprint density at radius 2 is 2.05 bits per heavy atom. The van der Waals surface area contributed by atoms with E-state index in [1.54, 1.807) is 0 Å². The number of anilines is 1. The average Bonchev–Trinajstić information content (AvgIpc) is 3.12. The lowest BCUT2D eigenvalue weighted by Crippen LogP contribution is -2.34. The van der Waals surface area contributed by atoms with E-state index in [4.69, 9.17) is 5.11 Å². The lowest BCUT2D eigenvalue weighted by atomic mass is 10.1. The van der Waals surface area contributed by atoms with Crippen LogP contribution in [0.15, 0.2) is 18.2 Å². The molecule has 0 radical (unpaired) electrons. The number of halogens is 1. The van der Waals surface area contributed by atoms with Crippen LogP contribution in [0.1, 0.15) is 23.2 Å². The van der Waals surface area contributed by atoms with Gasteiger partial charge >= 0.3 is 5.97 Å². The number of benzene rings is 1. The van der Waals surface area contributed by atoms with E-state index in [-0.39, 0.29) is 18.5 Å². The van der Waals surface area contributed by atoms with Crippen LogP contribution in [0.4, 0.5) is 10.1 Å². The molecule has 1 atom stereocenters. The van der Waals surface area contributed by atoms with E-state index in [0.717, 1.165) is 18.2 Å². The molecule has 0 aromatic heterocycles. The highest BCUT2D eigenvalue weighted by molar-refractivity contribution is 7.82. The van der Waals surface area contributed by atoms with E-state index in [2.05, 4.69) is 5.32 Å². The van der Waals surface area contributed by atoms with Gasteiger partial charge in [0.25, 0.3) is 0 Å². The van der Waals surface area contributed by atoms with E-state index in [1.165, 1.54) is 0 Å². The van der Waals surface area contributed by atoms with Crippen molar-refractivity contribution in [2.75, 3.05) is 5.32 Å². The largest absolute Gasteiger partial charge is 0.772 e. The van der Waals surface area contributed by atoms with Crippen LogP contribution in [0.5, 0.6) is 0 Å². The lowest BCUT2D eigenvalue weighted by molar-refractivity contribution is -0.116. The molecule has 0 bridgehead atoms. The van der Waals surface area contributed by atoms with Gasteiger partial charge in [-0.1, -0.05) is 0 Å². The van der Waals surface area contributed by atoms with E-state index in [0.29, 0.717) is 0 Å². The molecular formula is C11H9FNO5S-. The molecule has 1 aliphatic carbocycles. The fraction of sp³-hybridized carbons (Fsp3) is 0.273. The average molecular weight is 286 g/mol. The van der Waals surface area contributed by atoms with Crippen molar-refractivity contribution in [1.82, 2.24) is 0 Å². The number of carboxylic acid groups (broad SMARTS) is 1. The Balaban J connectivity index is 2.27. The van der Waals surface area contributed by atoms with Crippen molar-refractivity contribution < 1.29 is 27.8 Å². The number of rotatable bonds is 4. The molecule has 1 fully saturated rings. The predicted octanol–water partition coefficient (Wildman–Crippen LogP) is 0.874. The van der Waals surface area contributed by atoms with Crippen LogP contribution in [0.2, 0.25) is 0 Å². The fourth-order valence-corrected chi connectivity index (χ4v) is 2.26. The second-order valence-electron chi connectivity index (χ2n) is 4.18. The summed E-state index contributed by atoms with van der Waals surface area (Å²) in [6, 6.07) is 2.82. The van der Waals surface area contributed by atoms with E-state index in [1.807, 2.05) is 0 Å². The van der Waals surface area contributed by atoms with Crippen molar-refractivity contribution in [3.8, 4) is 0 Å². The normalized spacial score (nSPS) is 17.6. The number of carboxylic acids is 1. The van der Waals surface area contributed by atoms with Gasteiger partial charge in [-0.25, -0.2) is 9.18 Å². The Morgan fingerprint density at radius 1 is 1.42 bits per heavy atom. The van der Waals surface area contributed by atoms with Gasteiger partial charge in [0, 0.05) is 0 Å². The highest BCUT2D eigenvalue weighted by atomic mass is 32.2. The maximum Gasteiger partial charge on any atom is 0.337 e. The van der Waals surface area contributed by atoms with Gasteiger partial charge in [0.1, 0.15) is 10.6 Å². The van der Waals surface area contributed by atoms with Crippen LogP contribution >= 0.6 is 0 Å². The molecular weight excluding hydrogens is 277 g/mol. The van der Waals surface area contributed by atoms with Crippen molar-refractivity contribution in [3.63, 3.8) is 0 Å². The highest BCUT2D eigenvalue weighted by Crippen LogP contribution is 2.42. The summed E-state index contributed by atoms with van der Waals surface area (Å²) in [5.74, 6) is -2.97. The third kappa shape index (κ3) is 2.49. The van der Waals surface area contributed by atoms with Gasteiger partial charge in [-0.05, 0) is 42.1 Å². The molecule has 102 valence electrons. The number of amides is 1. The zero-order valence-electron chi connectivity index (χ0n) is 9.51. The Labute approximate surface area is 109 Å². The van der Waals surface area contributed by atoms with Gasteiger partial charge in [-0.15, -0.1) is 0 Å². The molecule has 1 aromatic rings. The summed E-state index contributed by atoms with van der Waals surface area (Å²) in [5, 5.41) is 11.1. The molecule has 1 aliphatic rings. The van der Waals surface area contributed by atoms with Crippen LogP contribution in [-0.4, -0.2) is 30.5 Å². The summed E-state index contributed by atoms with van der Waals surface area (Å²) in [7, 11) is 0. The van der Waals surface area contributed by atoms with Crippen molar-refractivity contribution in [2.45, 2.75) is 17.6 Å². The van der Waals surface area contributed by atoms with Gasteiger partial charge in [-0.2, -0.15) is 0 Å². The van der Waals surface area contributed by atoms with Crippen LogP contribution in [0, 0.1) is 5.82 Å². The van der Waals surface area contributed by atoms with E-state index >= 15 is 0 Å². The zero-order chi connectivity index (χ0) is 14.2. The molecule has 19 heavy (non-hydrogen) atoms. The molecule has 1 unspecified atom stereocenters. The van der Waals surface area contributed by atoms with Gasteiger partial charge in [0.15, 0.2) is 0 Å². The highest BCUT2D eigenvalue weighted by Gasteiger charge is 2.51. The SMILES string of the molecule is O=C(O)c1cc(F)ccc1NC(=O)C1(S(=O)[O-])CC1. The number of hydrogen-bond acceptors (Lipinski definition) is 4. The third-order valence-corrected chi connectivity index (χ3v) is 4.13. The molecule has 0 saturated heterocycles. The molecule has 1 amide bonds. The minimum atomic E-state index is -2.57. The molecule has 0 heterocycles. The Morgan fingerprint density at radius 3 is 2.53 bits per heavy atom. The second-order valence-corrected chi connectivity index (χ2v) is 5.43. The molecule has 0 spiro atoms. The van der Waals surface area contributed by atoms with Crippen molar-refractivity contribution in [1.29, 1.82) is 0 Å². The number of carbonyl (C=O) groups is 2. The summed E-state index contributed by atoms with van der Waals surface area (Å²) in [4.78, 5) is 22.7. The first-order valence-corrected chi connectivity index (χ1v) is 6.38. The molecule has 8 heteroatoms. The molecule has 1 aromatic carbocycles. The maximum absolute atomic E-state index is 12.9. The number of hydrogen-bond donors (Lipinski definition) is 2. The molecule has 1 saturated carbocycles. The van der Waals surface area contributed by atoms with Crippen molar-refractivity contribution >= 4 is 28.6 Å². The Hall–Kier alpha value is -1.80. The van der Waals surface area contributed by atoms with E-state index < -0.39 is 39.1 Å². The topological polar surface area (TPSA) is 107 Å². The predicted molar refractivity (Wildman–Crippen MR) is 62.9 cm³/mol. The standard InChI is InChI=1S/C11H10FNO5S/c12-6-1-2-8(7(5-6)9(14)15)13-10(16)11(3-4-11)19(17)18/h1-2,5H,3-4H2,(H,13,16)(H,14,15)(H,17,18)/p-1. The van der Waals surface area contributed by atoms with Gasteiger partial charge in [0.05, 0.1) is 11.3 Å². The summed E-state index contributed by atoms with van der Waals surface area (Å²) in [6.07, 6.45) is 0.386. The monoisotopic (exact) mass is 286 g/mol. The quantitative estimate of drug-likeness (QED) is 0.799. The Kier molecular flexibility index (Phi) is 3.38. The smallest absolute Gasteiger partial charge is 0.337 e. The summed E-state index contributed by atoms with van der Waals surface area (Å²) < 4.78 is 33.4. The first kappa shape index (κ1) is 13.6. The minimum absolute atomic E-state index is 0.129. The van der Waals surface area contributed by atoms with Crippen LogP contribution in [0.3, 0.4) is 0 Å². The van der Waals surface area contributed by atoms with Crippen LogP contribution in [0.25, 0.3) is 0 Å². The minimum Gasteiger partial charge on any atom is -0.772 e. The molecule has 6 nitrogen and oxygen atoms in total. The number of nitrogens with one attached hydrogen (secondary N) is 1. The number of carbonyl (C=O) groups excluding carboxylic acids is 1. The van der Waals surface area contributed by atoms with Gasteiger partial charge in [-0.3, -0.25) is 9.00 Å². The van der Waals surface area contributed by atoms with Gasteiger partial charge in [0.2, 0.25) is 5.91 Å². The molecule has 0 aliphatic heterocycles. The maximum atomic E-state index is 12.9. The van der Waals surface area contributed by atoms with Crippen molar-refractivity contribution in [2.24, 2.45) is 0 Å². The first-order chi connectivity index (χ1) is 8.86. The van der Waals surface area contributed by atoms with Crippen LogP contribution < -0.4 is 5.32 Å². The fourth-order valence-electron chi connectivity index (χ4n) is 1.62. The summed E-state index contributed by atoms with van der Waals surface area (Å²) in [5.41, 5.74) is -0.559. The van der Waals surface area contributed by atoms with E-state index in [9.17, 15) is 22.7 Å². The molecule has 2 N–H and O–H groups in total. The Bertz CT molecular complexity index is 584. The number of aromatic carboxylic acids is 1. The first-order valence-electron chi connectivity index (χ1n) is 5.30. The van der Waals surface area contributed by atoms with Crippen molar-refractivity contribution in [3.05, 3.63) is 29.6 Å². The van der Waals surface area contributed by atoms with Gasteiger partial charge < -0.3 is 15.0 Å². The zero-order valence-corrected chi connectivity index (χ0v) is 10.3. The summed E-state index contributed by atoms with van der Waals surface area (Å²) >= 11 is -2.57.